The Morgan fingerprint density at radius 2 is 1.55 bits per heavy atom. The summed E-state index contributed by atoms with van der Waals surface area (Å²) >= 11 is 0. The van der Waals surface area contributed by atoms with Crippen LogP contribution in [0.3, 0.4) is 0 Å². The minimum Gasteiger partial charge on any atom is -0.463 e. The van der Waals surface area contributed by atoms with Gasteiger partial charge in [-0.15, -0.1) is 0 Å². The first kappa shape index (κ1) is 49.2. The minimum absolute atomic E-state index is 0.153. The largest absolute Gasteiger partial charge is 0.463 e. The van der Waals surface area contributed by atoms with Crippen molar-refractivity contribution in [3.05, 3.63) is 48.1 Å². The van der Waals surface area contributed by atoms with Gasteiger partial charge in [0.05, 0.1) is 6.10 Å². The van der Waals surface area contributed by atoms with Gasteiger partial charge in [-0.1, -0.05) is 129 Å². The Kier molecular flexibility index (Phi) is 19.5. The Morgan fingerprint density at radius 1 is 0.833 bits per heavy atom. The molecular weight excluding hydrogens is 749 g/mol. The summed E-state index contributed by atoms with van der Waals surface area (Å²) in [6.45, 7) is 16.7. The monoisotopic (exact) mass is 837 g/mol. The number of esters is 1. The quantitative estimate of drug-likeness (QED) is 0.0535. The van der Waals surface area contributed by atoms with Crippen molar-refractivity contribution in [3.8, 4) is 0 Å². The number of ether oxygens (including phenoxy) is 3. The predicted octanol–water partition coefficient (Wildman–Crippen LogP) is 12.0. The summed E-state index contributed by atoms with van der Waals surface area (Å²) in [6, 6.07) is 0. The third-order valence-corrected chi connectivity index (χ3v) is 16.5. The summed E-state index contributed by atoms with van der Waals surface area (Å²) in [6.07, 6.45) is 33.2. The molecule has 1 aliphatic heterocycles. The number of rotatable bonds is 23. The maximum atomic E-state index is 12.6. The van der Waals surface area contributed by atoms with Crippen LogP contribution in [0.5, 0.6) is 0 Å². The van der Waals surface area contributed by atoms with Crippen molar-refractivity contribution in [1.82, 2.24) is 0 Å². The lowest BCUT2D eigenvalue weighted by atomic mass is 9.47. The lowest BCUT2D eigenvalue weighted by molar-refractivity contribution is -0.313. The van der Waals surface area contributed by atoms with Crippen LogP contribution in [-0.2, 0) is 19.0 Å². The highest BCUT2D eigenvalue weighted by Gasteiger charge is 2.59. The number of aliphatic hydroxyl groups is 3. The van der Waals surface area contributed by atoms with E-state index in [2.05, 4.69) is 91.0 Å². The molecule has 3 saturated carbocycles. The van der Waals surface area contributed by atoms with E-state index in [1.165, 1.54) is 63.4 Å². The van der Waals surface area contributed by atoms with Crippen LogP contribution in [0.15, 0.2) is 48.1 Å². The second-order valence-corrected chi connectivity index (χ2v) is 20.7. The summed E-state index contributed by atoms with van der Waals surface area (Å²) < 4.78 is 18.0. The van der Waals surface area contributed by atoms with Gasteiger partial charge in [-0.05, 0) is 149 Å². The fourth-order valence-corrected chi connectivity index (χ4v) is 12.6. The number of fused-ring (bicyclic) bond motifs is 5. The molecule has 0 bridgehead atoms. The average Bonchev–Trinajstić information content (AvgIpc) is 3.59. The van der Waals surface area contributed by atoms with E-state index in [9.17, 15) is 20.1 Å². The summed E-state index contributed by atoms with van der Waals surface area (Å²) in [5.41, 5.74) is 2.04. The average molecular weight is 837 g/mol. The maximum absolute atomic E-state index is 12.6. The number of unbranched alkanes of at least 4 members (excludes halogenated alkanes) is 8. The number of aliphatic hydroxyl groups excluding tert-OH is 3. The molecule has 60 heavy (non-hydrogen) atoms. The van der Waals surface area contributed by atoms with Crippen molar-refractivity contribution in [3.63, 3.8) is 0 Å². The Bertz CT molecular complexity index is 1420. The highest BCUT2D eigenvalue weighted by molar-refractivity contribution is 5.69. The van der Waals surface area contributed by atoms with Gasteiger partial charge in [-0.2, -0.15) is 0 Å². The van der Waals surface area contributed by atoms with Gasteiger partial charge >= 0.3 is 5.97 Å². The Morgan fingerprint density at radius 3 is 2.27 bits per heavy atom. The number of carbonyl (C=O) groups is 1. The molecule has 3 N–H and O–H groups in total. The molecule has 14 atom stereocenters. The zero-order chi connectivity index (χ0) is 43.3. The van der Waals surface area contributed by atoms with E-state index in [0.717, 1.165) is 88.4 Å². The minimum atomic E-state index is -1.45. The van der Waals surface area contributed by atoms with Gasteiger partial charge in [-0.25, -0.2) is 0 Å². The van der Waals surface area contributed by atoms with E-state index in [0.29, 0.717) is 35.5 Å². The molecular formula is C53H88O7. The van der Waals surface area contributed by atoms with Crippen LogP contribution in [-0.4, -0.2) is 64.7 Å². The van der Waals surface area contributed by atoms with E-state index in [-0.39, 0.29) is 24.1 Å². The van der Waals surface area contributed by atoms with Crippen molar-refractivity contribution >= 4 is 5.97 Å². The zero-order valence-corrected chi connectivity index (χ0v) is 39.1. The summed E-state index contributed by atoms with van der Waals surface area (Å²) in [7, 11) is 0. The Hall–Kier alpha value is -1.77. The Balaban J connectivity index is 1.03. The lowest BCUT2D eigenvalue weighted by Gasteiger charge is -2.58. The maximum Gasteiger partial charge on any atom is 0.305 e. The molecule has 4 aliphatic carbocycles. The normalized spacial score (nSPS) is 36.7. The third kappa shape index (κ3) is 12.5. The first-order chi connectivity index (χ1) is 28.8. The van der Waals surface area contributed by atoms with Gasteiger partial charge in [0.25, 0.3) is 0 Å². The van der Waals surface area contributed by atoms with Crippen LogP contribution >= 0.6 is 0 Å². The van der Waals surface area contributed by atoms with Crippen molar-refractivity contribution in [2.75, 3.05) is 6.61 Å². The van der Waals surface area contributed by atoms with Crippen molar-refractivity contribution in [1.29, 1.82) is 0 Å². The Labute approximate surface area is 366 Å². The number of allylic oxidation sites excluding steroid dienone is 7. The predicted molar refractivity (Wildman–Crippen MR) is 244 cm³/mol. The molecule has 5 aliphatic rings. The third-order valence-electron chi connectivity index (χ3n) is 16.5. The molecule has 342 valence electrons. The van der Waals surface area contributed by atoms with Crippen molar-refractivity contribution < 1.29 is 34.3 Å². The molecule has 7 nitrogen and oxygen atoms in total. The highest BCUT2D eigenvalue weighted by atomic mass is 16.7. The molecule has 0 radical (unpaired) electrons. The number of hydrogen-bond donors (Lipinski definition) is 3. The first-order valence-electron chi connectivity index (χ1n) is 25.0. The standard InChI is InChI=1S/C53H88O7/c1-8-10-11-12-13-14-15-16-17-18-19-20-21-22-23-24-47(54)58-36-46-48(55)49(56)50(57)51(60-46)59-41-31-33-52(6)40(35-41)27-28-42-44-30-29-43(53(44,7)34-32-45(42)52)38(5)25-26-39(9-2)37(3)4/h13-14,16-17,25-27,37-39,41-46,48-51,55-57H,8-12,15,18-24,28-36H2,1-7H3/b14-13-,17-16-,26-25+/t38-,39+,41+,42-,43-,44-,45+,46+,48+,49+,50-,51-,52+,53-/m1/s1. The zero-order valence-electron chi connectivity index (χ0n) is 39.1. The van der Waals surface area contributed by atoms with E-state index in [4.69, 9.17) is 14.2 Å². The van der Waals surface area contributed by atoms with E-state index in [1.54, 1.807) is 0 Å². The fraction of sp³-hybridized carbons (Fsp3) is 0.830. The summed E-state index contributed by atoms with van der Waals surface area (Å²) in [4.78, 5) is 12.6. The number of carbonyl (C=O) groups excluding carboxylic acids is 1. The summed E-state index contributed by atoms with van der Waals surface area (Å²) in [5.74, 6) is 4.58. The van der Waals surface area contributed by atoms with E-state index < -0.39 is 30.7 Å². The molecule has 1 saturated heterocycles. The van der Waals surface area contributed by atoms with Gasteiger partial charge in [-0.3, -0.25) is 4.79 Å². The van der Waals surface area contributed by atoms with Gasteiger partial charge in [0.15, 0.2) is 6.29 Å². The molecule has 0 aromatic heterocycles. The van der Waals surface area contributed by atoms with E-state index in [1.807, 2.05) is 0 Å². The smallest absolute Gasteiger partial charge is 0.305 e. The second-order valence-electron chi connectivity index (χ2n) is 20.7. The highest BCUT2D eigenvalue weighted by Crippen LogP contribution is 2.67. The van der Waals surface area contributed by atoms with Crippen LogP contribution in [0.1, 0.15) is 183 Å². The second kappa shape index (κ2) is 23.8. The molecule has 0 amide bonds. The molecule has 0 unspecified atom stereocenters. The SMILES string of the molecule is CCCCC/C=C\C/C=C\CCCCCCCC(=O)OC[C@@H]1O[C@@H](O[C@H]2CC[C@@]3(C)C(=CC[C@@H]4[C@H]5CC[C@H]([C@H](C)/C=C/[C@H](CC)C(C)C)[C@@]5(C)CC[C@@H]43)C2)[C@H](O)[C@@H](O)[C@H]1O. The van der Waals surface area contributed by atoms with Crippen LogP contribution in [0.25, 0.3) is 0 Å². The number of hydrogen-bond acceptors (Lipinski definition) is 7. The van der Waals surface area contributed by atoms with Crippen LogP contribution < -0.4 is 0 Å². The molecule has 7 heteroatoms. The lowest BCUT2D eigenvalue weighted by Crippen LogP contribution is -2.60. The molecule has 0 spiro atoms. The van der Waals surface area contributed by atoms with Crippen LogP contribution in [0.4, 0.5) is 0 Å². The fourth-order valence-electron chi connectivity index (χ4n) is 12.6. The summed E-state index contributed by atoms with van der Waals surface area (Å²) in [5, 5.41) is 32.5. The van der Waals surface area contributed by atoms with Crippen LogP contribution in [0.2, 0.25) is 0 Å². The van der Waals surface area contributed by atoms with E-state index >= 15 is 0 Å². The van der Waals surface area contributed by atoms with Crippen molar-refractivity contribution in [2.45, 2.75) is 220 Å². The molecule has 5 rings (SSSR count). The van der Waals surface area contributed by atoms with Gasteiger partial charge < -0.3 is 29.5 Å². The molecule has 4 fully saturated rings. The topological polar surface area (TPSA) is 105 Å². The van der Waals surface area contributed by atoms with Gasteiger partial charge in [0.2, 0.25) is 0 Å². The van der Waals surface area contributed by atoms with Crippen LogP contribution in [0, 0.1) is 52.3 Å². The van der Waals surface area contributed by atoms with Crippen molar-refractivity contribution in [2.24, 2.45) is 52.3 Å². The van der Waals surface area contributed by atoms with Gasteiger partial charge in [0, 0.05) is 6.42 Å². The van der Waals surface area contributed by atoms with Gasteiger partial charge in [0.1, 0.15) is 31.0 Å². The molecule has 1 heterocycles. The molecule has 0 aromatic carbocycles. The first-order valence-corrected chi connectivity index (χ1v) is 25.0. The molecule has 0 aromatic rings.